The maximum absolute atomic E-state index is 11.8. The van der Waals surface area contributed by atoms with E-state index in [0.717, 1.165) is 5.75 Å². The first-order chi connectivity index (χ1) is 8.54. The summed E-state index contributed by atoms with van der Waals surface area (Å²) < 4.78 is 6.17. The first-order valence-electron chi connectivity index (χ1n) is 6.54. The molecule has 0 unspecified atom stereocenters. The second-order valence-electron chi connectivity index (χ2n) is 6.50. The van der Waals surface area contributed by atoms with E-state index in [1.54, 1.807) is 19.1 Å². The second kappa shape index (κ2) is 5.33. The molecule has 19 heavy (non-hydrogen) atoms. The molecule has 0 aliphatic rings. The summed E-state index contributed by atoms with van der Waals surface area (Å²) in [6.07, 6.45) is 0. The fourth-order valence-electron chi connectivity index (χ4n) is 1.37. The summed E-state index contributed by atoms with van der Waals surface area (Å²) >= 11 is 0. The SMILES string of the molecule is C=C(C)C(=O)c1ccc(O[Si](C)(C)C(C)(C)C)cc1. The number of carbonyl (C=O) groups is 1. The van der Waals surface area contributed by atoms with E-state index in [1.807, 2.05) is 12.1 Å². The third-order valence-electron chi connectivity index (χ3n) is 3.68. The molecule has 0 bridgehead atoms. The zero-order valence-corrected chi connectivity index (χ0v) is 13.8. The van der Waals surface area contributed by atoms with Gasteiger partial charge in [-0.2, -0.15) is 0 Å². The molecule has 0 radical (unpaired) electrons. The molecule has 3 heteroatoms. The van der Waals surface area contributed by atoms with Gasteiger partial charge < -0.3 is 4.43 Å². The summed E-state index contributed by atoms with van der Waals surface area (Å²) in [6, 6.07) is 7.35. The number of hydrogen-bond donors (Lipinski definition) is 0. The Kier molecular flexibility index (Phi) is 4.41. The topological polar surface area (TPSA) is 26.3 Å². The van der Waals surface area contributed by atoms with Crippen LogP contribution in [0.25, 0.3) is 0 Å². The maximum Gasteiger partial charge on any atom is 0.250 e. The van der Waals surface area contributed by atoms with Crippen LogP contribution in [0.1, 0.15) is 38.1 Å². The zero-order chi connectivity index (χ0) is 14.8. The van der Waals surface area contributed by atoms with Crippen molar-refractivity contribution in [2.75, 3.05) is 0 Å². The molecule has 104 valence electrons. The van der Waals surface area contributed by atoms with Crippen molar-refractivity contribution in [3.05, 3.63) is 42.0 Å². The molecular formula is C16H24O2Si. The highest BCUT2D eigenvalue weighted by atomic mass is 28.4. The van der Waals surface area contributed by atoms with E-state index in [2.05, 4.69) is 40.4 Å². The Morgan fingerprint density at radius 3 is 2.00 bits per heavy atom. The Labute approximate surface area is 117 Å². The summed E-state index contributed by atoms with van der Waals surface area (Å²) in [5.41, 5.74) is 1.22. The van der Waals surface area contributed by atoms with E-state index in [0.29, 0.717) is 11.1 Å². The monoisotopic (exact) mass is 276 g/mol. The molecule has 0 atom stereocenters. The van der Waals surface area contributed by atoms with E-state index in [9.17, 15) is 4.79 Å². The van der Waals surface area contributed by atoms with Crippen LogP contribution >= 0.6 is 0 Å². The Hall–Kier alpha value is -1.35. The largest absolute Gasteiger partial charge is 0.544 e. The minimum atomic E-state index is -1.81. The number of carbonyl (C=O) groups excluding carboxylic acids is 1. The van der Waals surface area contributed by atoms with Crippen LogP contribution in [0.4, 0.5) is 0 Å². The molecule has 1 aromatic rings. The Balaban J connectivity index is 2.90. The Morgan fingerprint density at radius 2 is 1.63 bits per heavy atom. The number of rotatable bonds is 4. The molecule has 0 saturated carbocycles. The highest BCUT2D eigenvalue weighted by Crippen LogP contribution is 2.37. The minimum Gasteiger partial charge on any atom is -0.544 e. The van der Waals surface area contributed by atoms with Gasteiger partial charge in [0.15, 0.2) is 5.78 Å². The van der Waals surface area contributed by atoms with Gasteiger partial charge in [0.25, 0.3) is 0 Å². The van der Waals surface area contributed by atoms with Gasteiger partial charge in [-0.15, -0.1) is 0 Å². The summed E-state index contributed by atoms with van der Waals surface area (Å²) in [5.74, 6) is 0.823. The molecule has 2 nitrogen and oxygen atoms in total. The number of benzene rings is 1. The fourth-order valence-corrected chi connectivity index (χ4v) is 2.40. The molecule has 0 fully saturated rings. The molecule has 0 amide bonds. The van der Waals surface area contributed by atoms with Crippen LogP contribution in [0.5, 0.6) is 5.75 Å². The number of allylic oxidation sites excluding steroid dienone is 1. The van der Waals surface area contributed by atoms with E-state index in [-0.39, 0.29) is 10.8 Å². The lowest BCUT2D eigenvalue weighted by molar-refractivity contribution is 0.103. The second-order valence-corrected chi connectivity index (χ2v) is 11.2. The lowest BCUT2D eigenvalue weighted by Crippen LogP contribution is -2.43. The van der Waals surface area contributed by atoms with Crippen LogP contribution in [0.2, 0.25) is 18.1 Å². The zero-order valence-electron chi connectivity index (χ0n) is 12.8. The van der Waals surface area contributed by atoms with Gasteiger partial charge >= 0.3 is 0 Å². The standard InChI is InChI=1S/C16H24O2Si/c1-12(2)15(17)13-8-10-14(11-9-13)18-19(6,7)16(3,4)5/h8-11H,1H2,2-7H3. The molecule has 0 aromatic heterocycles. The average molecular weight is 276 g/mol. The van der Waals surface area contributed by atoms with Crippen molar-refractivity contribution >= 4 is 14.1 Å². The highest BCUT2D eigenvalue weighted by Gasteiger charge is 2.38. The van der Waals surface area contributed by atoms with Crippen molar-refractivity contribution in [1.82, 2.24) is 0 Å². The Bertz CT molecular complexity index is 478. The van der Waals surface area contributed by atoms with Gasteiger partial charge in [-0.3, -0.25) is 4.79 Å². The van der Waals surface area contributed by atoms with Crippen molar-refractivity contribution < 1.29 is 9.22 Å². The van der Waals surface area contributed by atoms with Crippen LogP contribution in [0, 0.1) is 0 Å². The van der Waals surface area contributed by atoms with Crippen LogP contribution in [0.15, 0.2) is 36.4 Å². The van der Waals surface area contributed by atoms with E-state index in [1.165, 1.54) is 0 Å². The van der Waals surface area contributed by atoms with Crippen molar-refractivity contribution in [3.8, 4) is 5.75 Å². The van der Waals surface area contributed by atoms with E-state index < -0.39 is 8.32 Å². The quantitative estimate of drug-likeness (QED) is 0.447. The highest BCUT2D eigenvalue weighted by molar-refractivity contribution is 6.74. The molecule has 0 aliphatic carbocycles. The number of ketones is 1. The number of Topliss-reactive ketones (excluding diaryl/α,β-unsaturated/α-hetero) is 1. The smallest absolute Gasteiger partial charge is 0.250 e. The van der Waals surface area contributed by atoms with Crippen LogP contribution < -0.4 is 4.43 Å². The predicted octanol–water partition coefficient (Wildman–Crippen LogP) is 4.83. The summed E-state index contributed by atoms with van der Waals surface area (Å²) in [7, 11) is -1.81. The summed E-state index contributed by atoms with van der Waals surface area (Å²) in [6.45, 7) is 16.4. The Morgan fingerprint density at radius 1 is 1.16 bits per heavy atom. The van der Waals surface area contributed by atoms with Gasteiger partial charge in [0.05, 0.1) is 0 Å². The van der Waals surface area contributed by atoms with Gasteiger partial charge in [-0.25, -0.2) is 0 Å². The molecule has 0 saturated heterocycles. The third kappa shape index (κ3) is 3.80. The summed E-state index contributed by atoms with van der Waals surface area (Å²) in [5, 5.41) is 0.166. The molecule has 0 spiro atoms. The van der Waals surface area contributed by atoms with Crippen LogP contribution in [0.3, 0.4) is 0 Å². The molecule has 1 rings (SSSR count). The molecule has 0 aliphatic heterocycles. The predicted molar refractivity (Wildman–Crippen MR) is 83.4 cm³/mol. The van der Waals surface area contributed by atoms with Crippen LogP contribution in [-0.4, -0.2) is 14.1 Å². The lowest BCUT2D eigenvalue weighted by atomic mass is 10.1. The molecule has 0 N–H and O–H groups in total. The number of hydrogen-bond acceptors (Lipinski definition) is 2. The van der Waals surface area contributed by atoms with Gasteiger partial charge in [0, 0.05) is 5.56 Å². The fraction of sp³-hybridized carbons (Fsp3) is 0.438. The van der Waals surface area contributed by atoms with Gasteiger partial charge in [0.2, 0.25) is 8.32 Å². The van der Waals surface area contributed by atoms with Gasteiger partial charge in [-0.05, 0) is 54.9 Å². The first-order valence-corrected chi connectivity index (χ1v) is 9.45. The van der Waals surface area contributed by atoms with Crippen molar-refractivity contribution in [1.29, 1.82) is 0 Å². The van der Waals surface area contributed by atoms with E-state index in [4.69, 9.17) is 4.43 Å². The lowest BCUT2D eigenvalue weighted by Gasteiger charge is -2.36. The maximum atomic E-state index is 11.8. The van der Waals surface area contributed by atoms with Crippen molar-refractivity contribution in [2.24, 2.45) is 0 Å². The van der Waals surface area contributed by atoms with Crippen molar-refractivity contribution in [2.45, 2.75) is 45.8 Å². The van der Waals surface area contributed by atoms with Gasteiger partial charge in [-0.1, -0.05) is 27.4 Å². The first kappa shape index (κ1) is 15.7. The normalized spacial score (nSPS) is 12.1. The van der Waals surface area contributed by atoms with Gasteiger partial charge in [0.1, 0.15) is 5.75 Å². The molecule has 0 heterocycles. The van der Waals surface area contributed by atoms with E-state index >= 15 is 0 Å². The summed E-state index contributed by atoms with van der Waals surface area (Å²) in [4.78, 5) is 11.8. The molecule has 1 aromatic carbocycles. The minimum absolute atomic E-state index is 0.0149. The third-order valence-corrected chi connectivity index (χ3v) is 8.04. The van der Waals surface area contributed by atoms with Crippen molar-refractivity contribution in [3.63, 3.8) is 0 Å². The van der Waals surface area contributed by atoms with Crippen LogP contribution in [-0.2, 0) is 0 Å². The average Bonchev–Trinajstić information content (AvgIpc) is 2.27. The molecular weight excluding hydrogens is 252 g/mol.